The second-order valence-corrected chi connectivity index (χ2v) is 8.78. The third-order valence-corrected chi connectivity index (χ3v) is 4.35. The summed E-state index contributed by atoms with van der Waals surface area (Å²) in [4.78, 5) is 16.3. The van der Waals surface area contributed by atoms with Crippen LogP contribution >= 0.6 is 0 Å². The van der Waals surface area contributed by atoms with E-state index in [0.29, 0.717) is 13.2 Å². The molecule has 0 N–H and O–H groups in total. The molecular formula is C23H31NO3. The van der Waals surface area contributed by atoms with Crippen molar-refractivity contribution >= 4 is 5.78 Å². The molecule has 0 atom stereocenters. The molecule has 0 unspecified atom stereocenters. The number of nitrogens with zero attached hydrogens (tertiary/aromatic N) is 1. The molecule has 0 fully saturated rings. The van der Waals surface area contributed by atoms with Gasteiger partial charge in [0, 0.05) is 17.2 Å². The van der Waals surface area contributed by atoms with Crippen LogP contribution in [0.15, 0.2) is 42.6 Å². The number of ether oxygens (including phenoxy) is 2. The fourth-order valence-corrected chi connectivity index (χ4v) is 2.33. The van der Waals surface area contributed by atoms with Gasteiger partial charge in [-0.2, -0.15) is 0 Å². The Hall–Kier alpha value is -2.20. The van der Waals surface area contributed by atoms with Crippen LogP contribution in [0.2, 0.25) is 0 Å². The Morgan fingerprint density at radius 1 is 0.926 bits per heavy atom. The van der Waals surface area contributed by atoms with Crippen molar-refractivity contribution in [2.24, 2.45) is 5.41 Å². The minimum atomic E-state index is -0.365. The van der Waals surface area contributed by atoms with Gasteiger partial charge in [0.1, 0.15) is 19.0 Å². The smallest absolute Gasteiger partial charge is 0.163 e. The molecule has 1 aromatic heterocycles. The van der Waals surface area contributed by atoms with Crippen LogP contribution in [0.1, 0.15) is 47.1 Å². The summed E-state index contributed by atoms with van der Waals surface area (Å²) < 4.78 is 11.1. The van der Waals surface area contributed by atoms with Gasteiger partial charge < -0.3 is 9.47 Å². The van der Waals surface area contributed by atoms with Crippen LogP contribution in [-0.4, -0.2) is 30.6 Å². The lowest BCUT2D eigenvalue weighted by atomic mass is 9.88. The summed E-state index contributed by atoms with van der Waals surface area (Å²) in [5.41, 5.74) is 2.95. The van der Waals surface area contributed by atoms with Gasteiger partial charge in [-0.15, -0.1) is 0 Å². The average Bonchev–Trinajstić information content (AvgIpc) is 2.60. The van der Waals surface area contributed by atoms with Crippen LogP contribution in [0.25, 0.3) is 11.3 Å². The molecule has 0 saturated heterocycles. The molecule has 0 amide bonds. The number of hydrogen-bond acceptors (Lipinski definition) is 4. The maximum atomic E-state index is 11.8. The first-order chi connectivity index (χ1) is 12.6. The van der Waals surface area contributed by atoms with Gasteiger partial charge in [-0.05, 0) is 41.3 Å². The van der Waals surface area contributed by atoms with Crippen LogP contribution in [0.4, 0.5) is 0 Å². The van der Waals surface area contributed by atoms with Gasteiger partial charge in [0.2, 0.25) is 0 Å². The number of pyridine rings is 1. The minimum absolute atomic E-state index is 0.0943. The molecule has 1 heterocycles. The fraction of sp³-hybridized carbons (Fsp3) is 0.478. The summed E-state index contributed by atoms with van der Waals surface area (Å²) in [5, 5.41) is 0. The zero-order valence-electron chi connectivity index (χ0n) is 17.3. The first-order valence-corrected chi connectivity index (χ1v) is 9.38. The van der Waals surface area contributed by atoms with E-state index in [2.05, 4.69) is 37.9 Å². The summed E-state index contributed by atoms with van der Waals surface area (Å²) in [5.74, 6) is 0.868. The topological polar surface area (TPSA) is 48.4 Å². The summed E-state index contributed by atoms with van der Waals surface area (Å²) in [6, 6.07) is 12.0. The molecule has 4 nitrogen and oxygen atoms in total. The molecule has 4 heteroatoms. The molecule has 1 aromatic carbocycles. The van der Waals surface area contributed by atoms with Gasteiger partial charge in [-0.1, -0.05) is 47.6 Å². The maximum Gasteiger partial charge on any atom is 0.163 e. The van der Waals surface area contributed by atoms with E-state index in [-0.39, 0.29) is 23.2 Å². The van der Waals surface area contributed by atoms with E-state index in [1.807, 2.05) is 51.2 Å². The number of benzene rings is 1. The highest BCUT2D eigenvalue weighted by Crippen LogP contribution is 2.25. The lowest BCUT2D eigenvalue weighted by Gasteiger charge is -2.18. The highest BCUT2D eigenvalue weighted by atomic mass is 16.5. The molecule has 2 rings (SSSR count). The van der Waals surface area contributed by atoms with Crippen molar-refractivity contribution in [3.8, 4) is 17.0 Å². The van der Waals surface area contributed by atoms with E-state index in [1.54, 1.807) is 0 Å². The van der Waals surface area contributed by atoms with Crippen LogP contribution in [0.3, 0.4) is 0 Å². The molecule has 0 aliphatic heterocycles. The second kappa shape index (κ2) is 8.66. The van der Waals surface area contributed by atoms with Gasteiger partial charge in [0.05, 0.1) is 12.3 Å². The van der Waals surface area contributed by atoms with Crippen molar-refractivity contribution < 1.29 is 14.3 Å². The third-order valence-electron chi connectivity index (χ3n) is 4.35. The molecule has 0 spiro atoms. The van der Waals surface area contributed by atoms with Crippen molar-refractivity contribution in [2.45, 2.75) is 47.0 Å². The highest BCUT2D eigenvalue weighted by Gasteiger charge is 2.20. The normalized spacial score (nSPS) is 12.1. The standard InChI is InChI=1S/C23H31NO3/c1-22(2,3)18-9-12-20(24-15-18)17-7-10-19(11-8-17)27-14-13-26-16-21(25)23(4,5)6/h7-12,15H,13-14,16H2,1-6H3. The molecule has 0 saturated carbocycles. The van der Waals surface area contributed by atoms with E-state index in [0.717, 1.165) is 17.0 Å². The molecule has 27 heavy (non-hydrogen) atoms. The number of ketones is 1. The molecule has 146 valence electrons. The Bertz CT molecular complexity index is 735. The average molecular weight is 370 g/mol. The summed E-state index contributed by atoms with van der Waals surface area (Å²) >= 11 is 0. The van der Waals surface area contributed by atoms with Gasteiger partial charge >= 0.3 is 0 Å². The molecule has 2 aromatic rings. The fourth-order valence-electron chi connectivity index (χ4n) is 2.33. The second-order valence-electron chi connectivity index (χ2n) is 8.78. The van der Waals surface area contributed by atoms with Crippen molar-refractivity contribution in [2.75, 3.05) is 19.8 Å². The van der Waals surface area contributed by atoms with Crippen LogP contribution in [0.5, 0.6) is 5.75 Å². The third kappa shape index (κ3) is 6.47. The molecular weight excluding hydrogens is 338 g/mol. The van der Waals surface area contributed by atoms with E-state index in [9.17, 15) is 4.79 Å². The Kier molecular flexibility index (Phi) is 6.77. The summed E-state index contributed by atoms with van der Waals surface area (Å²) in [6.07, 6.45) is 1.94. The zero-order valence-corrected chi connectivity index (χ0v) is 17.3. The zero-order chi connectivity index (χ0) is 20.1. The van der Waals surface area contributed by atoms with E-state index in [1.165, 1.54) is 5.56 Å². The predicted molar refractivity (Wildman–Crippen MR) is 109 cm³/mol. The highest BCUT2D eigenvalue weighted by molar-refractivity contribution is 5.84. The molecule has 0 aliphatic carbocycles. The van der Waals surface area contributed by atoms with Crippen molar-refractivity contribution in [3.05, 3.63) is 48.2 Å². The number of rotatable bonds is 7. The number of Topliss-reactive ketones (excluding diaryl/α,β-unsaturated/α-hetero) is 1. The SMILES string of the molecule is CC(C)(C)C(=O)COCCOc1ccc(-c2ccc(C(C)(C)C)cn2)cc1. The maximum absolute atomic E-state index is 11.8. The first-order valence-electron chi connectivity index (χ1n) is 9.38. The first kappa shape index (κ1) is 21.1. The molecule has 0 bridgehead atoms. The summed E-state index contributed by atoms with van der Waals surface area (Å²) in [7, 11) is 0. The lowest BCUT2D eigenvalue weighted by Crippen LogP contribution is -2.25. The van der Waals surface area contributed by atoms with Crippen LogP contribution in [0, 0.1) is 5.41 Å². The number of carbonyl (C=O) groups excluding carboxylic acids is 1. The summed E-state index contributed by atoms with van der Waals surface area (Å²) in [6.45, 7) is 13.1. The molecule has 0 radical (unpaired) electrons. The Balaban J connectivity index is 1.82. The van der Waals surface area contributed by atoms with Gasteiger partial charge in [-0.25, -0.2) is 0 Å². The number of hydrogen-bond donors (Lipinski definition) is 0. The van der Waals surface area contributed by atoms with E-state index >= 15 is 0 Å². The monoisotopic (exact) mass is 369 g/mol. The quantitative estimate of drug-likeness (QED) is 0.640. The van der Waals surface area contributed by atoms with Gasteiger partial charge in [0.15, 0.2) is 5.78 Å². The Morgan fingerprint density at radius 3 is 2.11 bits per heavy atom. The minimum Gasteiger partial charge on any atom is -0.491 e. The van der Waals surface area contributed by atoms with Crippen molar-refractivity contribution in [1.82, 2.24) is 4.98 Å². The van der Waals surface area contributed by atoms with Crippen molar-refractivity contribution in [3.63, 3.8) is 0 Å². The number of aromatic nitrogens is 1. The largest absolute Gasteiger partial charge is 0.491 e. The number of carbonyl (C=O) groups is 1. The Labute approximate surface area is 162 Å². The van der Waals surface area contributed by atoms with Gasteiger partial charge in [0.25, 0.3) is 0 Å². The van der Waals surface area contributed by atoms with Crippen LogP contribution in [-0.2, 0) is 14.9 Å². The predicted octanol–water partition coefficient (Wildman–Crippen LogP) is 5.06. The van der Waals surface area contributed by atoms with Crippen molar-refractivity contribution in [1.29, 1.82) is 0 Å². The van der Waals surface area contributed by atoms with Gasteiger partial charge in [-0.3, -0.25) is 9.78 Å². The lowest BCUT2D eigenvalue weighted by molar-refractivity contribution is -0.131. The van der Waals surface area contributed by atoms with E-state index < -0.39 is 0 Å². The van der Waals surface area contributed by atoms with Crippen LogP contribution < -0.4 is 4.74 Å². The van der Waals surface area contributed by atoms with E-state index in [4.69, 9.17) is 9.47 Å². The Morgan fingerprint density at radius 2 is 1.59 bits per heavy atom. The molecule has 0 aliphatic rings.